The summed E-state index contributed by atoms with van der Waals surface area (Å²) in [4.78, 5) is 18.0. The normalized spacial score (nSPS) is 17.7. The highest BCUT2D eigenvalue weighted by molar-refractivity contribution is 5.79. The highest BCUT2D eigenvalue weighted by Crippen LogP contribution is 2.31. The van der Waals surface area contributed by atoms with Gasteiger partial charge >= 0.3 is 0 Å². The van der Waals surface area contributed by atoms with Gasteiger partial charge in [0, 0.05) is 18.4 Å². The molecule has 1 N–H and O–H groups in total. The number of carbonyl (C=O) groups is 1. The van der Waals surface area contributed by atoms with Crippen LogP contribution < -0.4 is 4.74 Å². The predicted octanol–water partition coefficient (Wildman–Crippen LogP) is 3.71. The van der Waals surface area contributed by atoms with E-state index < -0.39 is 0 Å². The van der Waals surface area contributed by atoms with Gasteiger partial charge in [-0.1, -0.05) is 12.1 Å². The molecule has 0 saturated carbocycles. The number of H-pyrrole nitrogens is 1. The van der Waals surface area contributed by atoms with Gasteiger partial charge in [-0.25, -0.2) is 0 Å². The summed E-state index contributed by atoms with van der Waals surface area (Å²) in [5.41, 5.74) is 2.14. The molecule has 0 aliphatic carbocycles. The first kappa shape index (κ1) is 15.7. The van der Waals surface area contributed by atoms with Gasteiger partial charge < -0.3 is 14.6 Å². The van der Waals surface area contributed by atoms with E-state index in [1.54, 1.807) is 0 Å². The van der Waals surface area contributed by atoms with Crippen molar-refractivity contribution in [1.82, 2.24) is 9.88 Å². The van der Waals surface area contributed by atoms with Crippen molar-refractivity contribution < 1.29 is 9.53 Å². The first-order chi connectivity index (χ1) is 11.1. The zero-order valence-electron chi connectivity index (χ0n) is 13.8. The largest absolute Gasteiger partial charge is 0.491 e. The van der Waals surface area contributed by atoms with Gasteiger partial charge in [0.05, 0.1) is 18.6 Å². The van der Waals surface area contributed by atoms with E-state index in [0.29, 0.717) is 6.42 Å². The van der Waals surface area contributed by atoms with Crippen LogP contribution in [-0.4, -0.2) is 28.4 Å². The molecule has 0 bridgehead atoms. The molecule has 3 rings (SSSR count). The number of benzene rings is 1. The Morgan fingerprint density at radius 1 is 1.35 bits per heavy atom. The second-order valence-electron chi connectivity index (χ2n) is 6.36. The number of aromatic nitrogens is 1. The van der Waals surface area contributed by atoms with E-state index in [-0.39, 0.29) is 18.1 Å². The number of ether oxygens (including phenoxy) is 1. The minimum Gasteiger partial charge on any atom is -0.491 e. The van der Waals surface area contributed by atoms with Crippen molar-refractivity contribution in [2.24, 2.45) is 0 Å². The maximum absolute atomic E-state index is 12.7. The Kier molecular flexibility index (Phi) is 4.70. The molecule has 1 aliphatic rings. The summed E-state index contributed by atoms with van der Waals surface area (Å²) in [6, 6.07) is 12.1. The first-order valence-electron chi connectivity index (χ1n) is 8.32. The Hall–Kier alpha value is -2.23. The fourth-order valence-corrected chi connectivity index (χ4v) is 3.22. The minimum absolute atomic E-state index is 0.136. The van der Waals surface area contributed by atoms with Crippen molar-refractivity contribution in [1.29, 1.82) is 0 Å². The Bertz CT molecular complexity index is 649. The molecule has 0 radical (unpaired) electrons. The second kappa shape index (κ2) is 6.90. The van der Waals surface area contributed by atoms with E-state index in [1.807, 2.05) is 55.3 Å². The van der Waals surface area contributed by atoms with Crippen molar-refractivity contribution in [2.75, 3.05) is 6.54 Å². The summed E-state index contributed by atoms with van der Waals surface area (Å²) in [6.07, 6.45) is 4.57. The lowest BCUT2D eigenvalue weighted by molar-refractivity contribution is -0.131. The number of rotatable bonds is 5. The summed E-state index contributed by atoms with van der Waals surface area (Å²) in [5.74, 6) is 1.01. The van der Waals surface area contributed by atoms with E-state index in [1.165, 1.54) is 0 Å². The van der Waals surface area contributed by atoms with Crippen molar-refractivity contribution >= 4 is 5.91 Å². The number of hydrogen-bond donors (Lipinski definition) is 1. The van der Waals surface area contributed by atoms with Gasteiger partial charge in [0.1, 0.15) is 5.75 Å². The van der Waals surface area contributed by atoms with Crippen LogP contribution in [0.4, 0.5) is 0 Å². The third-order valence-electron chi connectivity index (χ3n) is 4.18. The van der Waals surface area contributed by atoms with Gasteiger partial charge in [-0.05, 0) is 56.5 Å². The topological polar surface area (TPSA) is 45.3 Å². The third kappa shape index (κ3) is 3.76. The number of likely N-dealkylation sites (tertiary alicyclic amines) is 1. The Balaban J connectivity index is 1.69. The Labute approximate surface area is 137 Å². The maximum atomic E-state index is 12.7. The van der Waals surface area contributed by atoms with Crippen LogP contribution in [0.5, 0.6) is 5.75 Å². The van der Waals surface area contributed by atoms with Gasteiger partial charge in [-0.2, -0.15) is 0 Å². The fraction of sp³-hybridized carbons (Fsp3) is 0.421. The van der Waals surface area contributed by atoms with Gasteiger partial charge in [-0.3, -0.25) is 4.79 Å². The number of hydrogen-bond acceptors (Lipinski definition) is 2. The minimum atomic E-state index is 0.136. The molecule has 1 atom stereocenters. The first-order valence-corrected chi connectivity index (χ1v) is 8.32. The maximum Gasteiger partial charge on any atom is 0.227 e. The molecule has 2 heterocycles. The molecule has 1 saturated heterocycles. The summed E-state index contributed by atoms with van der Waals surface area (Å²) in [7, 11) is 0. The van der Waals surface area contributed by atoms with Crippen molar-refractivity contribution in [3.63, 3.8) is 0 Å². The zero-order valence-corrected chi connectivity index (χ0v) is 13.8. The number of amides is 1. The van der Waals surface area contributed by atoms with E-state index in [0.717, 1.165) is 36.4 Å². The molecule has 1 unspecified atom stereocenters. The molecule has 1 aromatic heterocycles. The summed E-state index contributed by atoms with van der Waals surface area (Å²) in [5, 5.41) is 0. The average molecular weight is 312 g/mol. The molecule has 0 spiro atoms. The third-order valence-corrected chi connectivity index (χ3v) is 4.18. The molecule has 4 nitrogen and oxygen atoms in total. The Morgan fingerprint density at radius 3 is 2.96 bits per heavy atom. The lowest BCUT2D eigenvalue weighted by Gasteiger charge is -2.24. The molecule has 1 aromatic carbocycles. The van der Waals surface area contributed by atoms with Crippen molar-refractivity contribution in [3.8, 4) is 5.75 Å². The van der Waals surface area contributed by atoms with E-state index in [2.05, 4.69) is 11.1 Å². The van der Waals surface area contributed by atoms with Crippen LogP contribution in [0.15, 0.2) is 42.6 Å². The standard InChI is InChI=1S/C19H24N2O2/c1-14(2)23-16-7-3-6-15(12-16)13-19(22)21-11-5-9-18(21)17-8-4-10-20-17/h3-4,6-8,10,12,14,18,20H,5,9,11,13H2,1-2H3. The van der Waals surface area contributed by atoms with Crippen LogP contribution in [0.25, 0.3) is 0 Å². The van der Waals surface area contributed by atoms with Gasteiger partial charge in [-0.15, -0.1) is 0 Å². The van der Waals surface area contributed by atoms with Crippen LogP contribution >= 0.6 is 0 Å². The zero-order chi connectivity index (χ0) is 16.2. The average Bonchev–Trinajstić information content (AvgIpc) is 3.18. The molecule has 1 aliphatic heterocycles. The summed E-state index contributed by atoms with van der Waals surface area (Å²) >= 11 is 0. The van der Waals surface area contributed by atoms with Gasteiger partial charge in [0.25, 0.3) is 0 Å². The van der Waals surface area contributed by atoms with Crippen LogP contribution in [0.3, 0.4) is 0 Å². The quantitative estimate of drug-likeness (QED) is 0.915. The molecule has 1 fully saturated rings. The molecule has 1 amide bonds. The van der Waals surface area contributed by atoms with Crippen LogP contribution in [0.2, 0.25) is 0 Å². The van der Waals surface area contributed by atoms with Crippen LogP contribution in [0.1, 0.15) is 44.0 Å². The highest BCUT2D eigenvalue weighted by Gasteiger charge is 2.30. The fourth-order valence-electron chi connectivity index (χ4n) is 3.22. The summed E-state index contributed by atoms with van der Waals surface area (Å²) in [6.45, 7) is 4.84. The molecular formula is C19H24N2O2. The van der Waals surface area contributed by atoms with Crippen molar-refractivity contribution in [3.05, 3.63) is 53.9 Å². The van der Waals surface area contributed by atoms with E-state index in [4.69, 9.17) is 4.74 Å². The monoisotopic (exact) mass is 312 g/mol. The van der Waals surface area contributed by atoms with E-state index in [9.17, 15) is 4.79 Å². The molecule has 122 valence electrons. The lowest BCUT2D eigenvalue weighted by Crippen LogP contribution is -2.32. The molecule has 4 heteroatoms. The second-order valence-corrected chi connectivity index (χ2v) is 6.36. The van der Waals surface area contributed by atoms with Crippen molar-refractivity contribution in [2.45, 2.75) is 45.3 Å². The number of aromatic amines is 1. The van der Waals surface area contributed by atoms with Crippen LogP contribution in [-0.2, 0) is 11.2 Å². The predicted molar refractivity (Wildman–Crippen MR) is 90.4 cm³/mol. The number of nitrogens with zero attached hydrogens (tertiary/aromatic N) is 1. The Morgan fingerprint density at radius 2 is 2.22 bits per heavy atom. The molecule has 2 aromatic rings. The SMILES string of the molecule is CC(C)Oc1cccc(CC(=O)N2CCCC2c2ccc[nH]2)c1. The number of carbonyl (C=O) groups excluding carboxylic acids is 1. The van der Waals surface area contributed by atoms with Gasteiger partial charge in [0.15, 0.2) is 0 Å². The van der Waals surface area contributed by atoms with Gasteiger partial charge in [0.2, 0.25) is 5.91 Å². The highest BCUT2D eigenvalue weighted by atomic mass is 16.5. The van der Waals surface area contributed by atoms with Crippen LogP contribution in [0, 0.1) is 0 Å². The molecule has 23 heavy (non-hydrogen) atoms. The smallest absolute Gasteiger partial charge is 0.227 e. The summed E-state index contributed by atoms with van der Waals surface area (Å²) < 4.78 is 5.71. The lowest BCUT2D eigenvalue weighted by atomic mass is 10.1. The number of nitrogens with one attached hydrogen (secondary N) is 1. The molecular weight excluding hydrogens is 288 g/mol. The van der Waals surface area contributed by atoms with E-state index >= 15 is 0 Å².